The topological polar surface area (TPSA) is 145 Å². The molecule has 45 heavy (non-hydrogen) atoms. The first kappa shape index (κ1) is 29.9. The minimum atomic E-state index is -0.313. The number of hydrogen-bond donors (Lipinski definition) is 4. The lowest BCUT2D eigenvalue weighted by atomic mass is 10.0. The van der Waals surface area contributed by atoms with Crippen LogP contribution in [0.1, 0.15) is 12.2 Å². The number of methoxy groups -OCH3 is 1. The molecule has 3 aromatic heterocycles. The molecule has 6 rings (SSSR count). The van der Waals surface area contributed by atoms with E-state index in [1.165, 1.54) is 6.08 Å². The number of carbonyl (C=O) groups is 1. The van der Waals surface area contributed by atoms with Crippen LogP contribution in [-0.2, 0) is 11.2 Å². The number of ether oxygens (including phenoxy) is 1. The molecule has 5 aromatic rings. The summed E-state index contributed by atoms with van der Waals surface area (Å²) in [6.45, 7) is 5.32. The van der Waals surface area contributed by atoms with Crippen molar-refractivity contribution in [1.29, 1.82) is 0 Å². The van der Waals surface area contributed by atoms with E-state index in [4.69, 9.17) is 19.1 Å². The molecule has 0 unspecified atom stereocenters. The summed E-state index contributed by atoms with van der Waals surface area (Å²) in [6, 6.07) is 13.8. The average Bonchev–Trinajstić information content (AvgIpc) is 3.67. The standard InChI is InChI=1S/C33H36N8O4/c1-5-30(43)35-24-16-25(28(44-4)17-26(24)41-18-22(19-41)40(2)3)37-33-34-12-10-23(36-33)32-31(38-29(39-32)7-6-13-42)21-9-8-20-11-14-45-27(20)15-21/h5,8-12,14-17,22,42H,1,6-7,13,18-19H2,2-4H3,(H,35,43)(H,38,39)(H,34,36,37). The number of anilines is 4. The highest BCUT2D eigenvalue weighted by Gasteiger charge is 2.31. The molecule has 0 atom stereocenters. The third-order valence-electron chi connectivity index (χ3n) is 7.91. The molecular formula is C33H36N8O4. The highest BCUT2D eigenvalue weighted by Crippen LogP contribution is 2.40. The fraction of sp³-hybridized carbons (Fsp3) is 0.273. The fourth-order valence-electron chi connectivity index (χ4n) is 5.32. The Hall–Kier alpha value is -5.20. The number of aliphatic hydroxyl groups is 1. The van der Waals surface area contributed by atoms with Crippen molar-refractivity contribution in [3.63, 3.8) is 0 Å². The van der Waals surface area contributed by atoms with Crippen LogP contribution in [0, 0.1) is 0 Å². The van der Waals surface area contributed by atoms with Crippen LogP contribution >= 0.6 is 0 Å². The lowest BCUT2D eigenvalue weighted by Gasteiger charge is -2.45. The first-order valence-electron chi connectivity index (χ1n) is 14.7. The number of hydrogen-bond acceptors (Lipinski definition) is 10. The number of aromatic amines is 1. The third kappa shape index (κ3) is 6.24. The van der Waals surface area contributed by atoms with E-state index in [9.17, 15) is 9.90 Å². The minimum absolute atomic E-state index is 0.0646. The van der Waals surface area contributed by atoms with E-state index in [2.05, 4.69) is 51.1 Å². The van der Waals surface area contributed by atoms with Crippen molar-refractivity contribution in [2.24, 2.45) is 0 Å². The number of nitrogens with one attached hydrogen (secondary N) is 3. The molecule has 12 heteroatoms. The molecule has 0 bridgehead atoms. The second-order valence-corrected chi connectivity index (χ2v) is 11.1. The molecule has 0 aliphatic carbocycles. The zero-order valence-corrected chi connectivity index (χ0v) is 25.5. The van der Waals surface area contributed by atoms with E-state index in [1.807, 2.05) is 42.5 Å². The van der Waals surface area contributed by atoms with Crippen LogP contribution < -0.4 is 20.3 Å². The van der Waals surface area contributed by atoms with Crippen molar-refractivity contribution < 1.29 is 19.1 Å². The number of aromatic nitrogens is 4. The summed E-state index contributed by atoms with van der Waals surface area (Å²) in [5.74, 6) is 1.33. The Labute approximate surface area is 260 Å². The van der Waals surface area contributed by atoms with Crippen LogP contribution in [0.5, 0.6) is 5.75 Å². The van der Waals surface area contributed by atoms with Gasteiger partial charge in [-0.2, -0.15) is 0 Å². The Morgan fingerprint density at radius 3 is 2.80 bits per heavy atom. The van der Waals surface area contributed by atoms with E-state index >= 15 is 0 Å². The maximum Gasteiger partial charge on any atom is 0.247 e. The maximum atomic E-state index is 12.4. The molecule has 2 aromatic carbocycles. The maximum absolute atomic E-state index is 12.4. The van der Waals surface area contributed by atoms with Gasteiger partial charge in [-0.1, -0.05) is 18.7 Å². The van der Waals surface area contributed by atoms with Crippen molar-refractivity contribution in [3.8, 4) is 28.4 Å². The van der Waals surface area contributed by atoms with Crippen molar-refractivity contribution in [2.45, 2.75) is 18.9 Å². The highest BCUT2D eigenvalue weighted by atomic mass is 16.5. The predicted octanol–water partition coefficient (Wildman–Crippen LogP) is 4.83. The normalized spacial score (nSPS) is 13.2. The lowest BCUT2D eigenvalue weighted by Crippen LogP contribution is -2.57. The number of aryl methyl sites for hydroxylation is 1. The number of benzene rings is 2. The van der Waals surface area contributed by atoms with Gasteiger partial charge in [-0.3, -0.25) is 4.79 Å². The smallest absolute Gasteiger partial charge is 0.247 e. The van der Waals surface area contributed by atoms with Crippen LogP contribution in [0.2, 0.25) is 0 Å². The Balaban J connectivity index is 1.35. The quantitative estimate of drug-likeness (QED) is 0.145. The van der Waals surface area contributed by atoms with Crippen molar-refractivity contribution in [1.82, 2.24) is 24.8 Å². The molecule has 1 saturated heterocycles. The summed E-state index contributed by atoms with van der Waals surface area (Å²) in [7, 11) is 5.72. The van der Waals surface area contributed by atoms with Gasteiger partial charge in [0.25, 0.3) is 0 Å². The molecule has 0 radical (unpaired) electrons. The van der Waals surface area contributed by atoms with E-state index < -0.39 is 0 Å². The van der Waals surface area contributed by atoms with Crippen LogP contribution in [0.4, 0.5) is 23.0 Å². The number of imidazole rings is 1. The Morgan fingerprint density at radius 1 is 1.20 bits per heavy atom. The number of H-pyrrole nitrogens is 1. The largest absolute Gasteiger partial charge is 0.494 e. The van der Waals surface area contributed by atoms with Crippen molar-refractivity contribution in [3.05, 3.63) is 73.4 Å². The number of carbonyl (C=O) groups excluding carboxylic acids is 1. The first-order chi connectivity index (χ1) is 21.9. The van der Waals surface area contributed by atoms with Crippen molar-refractivity contribution in [2.75, 3.05) is 56.4 Å². The van der Waals surface area contributed by atoms with E-state index in [1.54, 1.807) is 19.6 Å². The van der Waals surface area contributed by atoms with Gasteiger partial charge >= 0.3 is 0 Å². The summed E-state index contributed by atoms with van der Waals surface area (Å²) < 4.78 is 11.4. The highest BCUT2D eigenvalue weighted by molar-refractivity contribution is 6.02. The minimum Gasteiger partial charge on any atom is -0.494 e. The summed E-state index contributed by atoms with van der Waals surface area (Å²) >= 11 is 0. The fourth-order valence-corrected chi connectivity index (χ4v) is 5.32. The van der Waals surface area contributed by atoms with E-state index in [0.29, 0.717) is 59.0 Å². The molecule has 4 heterocycles. The molecule has 12 nitrogen and oxygen atoms in total. The number of furan rings is 1. The van der Waals surface area contributed by atoms with E-state index in [0.717, 1.165) is 41.1 Å². The second kappa shape index (κ2) is 12.8. The summed E-state index contributed by atoms with van der Waals surface area (Å²) in [4.78, 5) is 34.3. The van der Waals surface area contributed by atoms with Gasteiger partial charge in [0, 0.05) is 55.4 Å². The molecule has 4 N–H and O–H groups in total. The third-order valence-corrected chi connectivity index (χ3v) is 7.91. The number of likely N-dealkylation sites (N-methyl/N-ethyl adjacent to an activating group) is 1. The molecule has 1 aliphatic heterocycles. The Morgan fingerprint density at radius 2 is 2.04 bits per heavy atom. The lowest BCUT2D eigenvalue weighted by molar-refractivity contribution is -0.111. The summed E-state index contributed by atoms with van der Waals surface area (Å²) in [6.07, 6.45) is 5.73. The number of rotatable bonds is 12. The number of fused-ring (bicyclic) bond motifs is 1. The molecule has 1 aliphatic rings. The van der Waals surface area contributed by atoms with Gasteiger partial charge in [0.05, 0.1) is 47.5 Å². The zero-order chi connectivity index (χ0) is 31.5. The predicted molar refractivity (Wildman–Crippen MR) is 175 cm³/mol. The number of nitrogens with zero attached hydrogens (tertiary/aromatic N) is 5. The number of amides is 1. The van der Waals surface area contributed by atoms with Crippen LogP contribution in [-0.4, -0.2) is 82.8 Å². The summed E-state index contributed by atoms with van der Waals surface area (Å²) in [5.41, 5.74) is 5.74. The van der Waals surface area contributed by atoms with Gasteiger partial charge in [-0.15, -0.1) is 0 Å². The first-order valence-corrected chi connectivity index (χ1v) is 14.7. The molecular weight excluding hydrogens is 572 g/mol. The summed E-state index contributed by atoms with van der Waals surface area (Å²) in [5, 5.41) is 16.6. The molecule has 0 spiro atoms. The average molecular weight is 609 g/mol. The van der Waals surface area contributed by atoms with Crippen LogP contribution in [0.25, 0.3) is 33.6 Å². The van der Waals surface area contributed by atoms with Gasteiger partial charge in [-0.25, -0.2) is 15.0 Å². The zero-order valence-electron chi connectivity index (χ0n) is 25.5. The molecule has 1 fully saturated rings. The Kier molecular flexibility index (Phi) is 8.49. The van der Waals surface area contributed by atoms with Gasteiger partial charge in [0.2, 0.25) is 11.9 Å². The Bertz CT molecular complexity index is 1840. The number of aliphatic hydroxyl groups excluding tert-OH is 1. The molecule has 0 saturated carbocycles. The van der Waals surface area contributed by atoms with Crippen LogP contribution in [0.15, 0.2) is 72.0 Å². The molecule has 1 amide bonds. The van der Waals surface area contributed by atoms with Gasteiger partial charge in [0.1, 0.15) is 17.2 Å². The molecule has 232 valence electrons. The van der Waals surface area contributed by atoms with Crippen LogP contribution in [0.3, 0.4) is 0 Å². The van der Waals surface area contributed by atoms with Gasteiger partial charge in [0.15, 0.2) is 0 Å². The second-order valence-electron chi connectivity index (χ2n) is 11.1. The van der Waals surface area contributed by atoms with E-state index in [-0.39, 0.29) is 12.5 Å². The monoisotopic (exact) mass is 608 g/mol. The van der Waals surface area contributed by atoms with Gasteiger partial charge < -0.3 is 39.7 Å². The van der Waals surface area contributed by atoms with Gasteiger partial charge in [-0.05, 0) is 50.9 Å². The SMILES string of the molecule is C=CC(=O)Nc1cc(Nc2nccc(-c3[nH]c(CCCO)nc3-c3ccc4ccoc4c3)n2)c(OC)cc1N1CC(N(C)C)C1. The van der Waals surface area contributed by atoms with Crippen molar-refractivity contribution >= 4 is 39.9 Å².